The van der Waals surface area contributed by atoms with Gasteiger partial charge in [0, 0.05) is 12.1 Å². The Bertz CT molecular complexity index is 392. The predicted molar refractivity (Wildman–Crippen MR) is 71.8 cm³/mol. The zero-order valence-corrected chi connectivity index (χ0v) is 11.7. The summed E-state index contributed by atoms with van der Waals surface area (Å²) in [6, 6.07) is 0.913. The van der Waals surface area contributed by atoms with Crippen LogP contribution in [0.4, 0.5) is 0 Å². The summed E-state index contributed by atoms with van der Waals surface area (Å²) in [6.45, 7) is 0.836. The van der Waals surface area contributed by atoms with Crippen LogP contribution in [-0.2, 0) is 10.0 Å². The summed E-state index contributed by atoms with van der Waals surface area (Å²) in [7, 11) is -3.05. The van der Waals surface area contributed by atoms with E-state index in [1.54, 1.807) is 0 Å². The van der Waals surface area contributed by atoms with Crippen LogP contribution in [0.2, 0.25) is 0 Å². The highest BCUT2D eigenvalue weighted by atomic mass is 32.2. The first-order chi connectivity index (χ1) is 8.62. The summed E-state index contributed by atoms with van der Waals surface area (Å²) in [5.74, 6) is 1.69. The molecule has 18 heavy (non-hydrogen) atoms. The molecule has 0 radical (unpaired) electrons. The number of hydrogen-bond donors (Lipinski definition) is 2. The largest absolute Gasteiger partial charge is 0.314 e. The van der Waals surface area contributed by atoms with Gasteiger partial charge in [0.1, 0.15) is 0 Å². The molecule has 3 fully saturated rings. The van der Waals surface area contributed by atoms with Gasteiger partial charge < -0.3 is 5.32 Å². The summed E-state index contributed by atoms with van der Waals surface area (Å²) < 4.78 is 26.9. The van der Waals surface area contributed by atoms with Crippen LogP contribution in [0.1, 0.15) is 44.9 Å². The fourth-order valence-electron chi connectivity index (χ4n) is 3.53. The van der Waals surface area contributed by atoms with Gasteiger partial charge in [-0.1, -0.05) is 6.42 Å². The topological polar surface area (TPSA) is 58.2 Å². The highest BCUT2D eigenvalue weighted by molar-refractivity contribution is 7.89. The highest BCUT2D eigenvalue weighted by Gasteiger charge is 2.40. The van der Waals surface area contributed by atoms with Crippen LogP contribution in [0.5, 0.6) is 0 Å². The Morgan fingerprint density at radius 1 is 1.06 bits per heavy atom. The Kier molecular flexibility index (Phi) is 3.65. The maximum Gasteiger partial charge on any atom is 0.211 e. The molecule has 0 saturated heterocycles. The summed E-state index contributed by atoms with van der Waals surface area (Å²) in [5.41, 5.74) is 0. The Hall–Kier alpha value is -0.130. The van der Waals surface area contributed by atoms with Gasteiger partial charge in [0.05, 0.1) is 5.75 Å². The van der Waals surface area contributed by atoms with Gasteiger partial charge in [-0.3, -0.25) is 0 Å². The summed E-state index contributed by atoms with van der Waals surface area (Å²) in [5, 5.41) is 3.36. The Balaban J connectivity index is 1.39. The minimum Gasteiger partial charge on any atom is -0.314 e. The molecule has 2 N–H and O–H groups in total. The second-order valence-electron chi connectivity index (χ2n) is 6.30. The fraction of sp³-hybridized carbons (Fsp3) is 1.00. The molecule has 0 amide bonds. The molecule has 0 aromatic carbocycles. The number of hydrogen-bond acceptors (Lipinski definition) is 3. The van der Waals surface area contributed by atoms with Crippen molar-refractivity contribution in [2.45, 2.75) is 57.0 Å². The number of nitrogens with one attached hydrogen (secondary N) is 2. The van der Waals surface area contributed by atoms with Gasteiger partial charge in [0.25, 0.3) is 0 Å². The lowest BCUT2D eigenvalue weighted by Crippen LogP contribution is -2.40. The van der Waals surface area contributed by atoms with Crippen molar-refractivity contribution in [3.8, 4) is 0 Å². The van der Waals surface area contributed by atoms with Crippen molar-refractivity contribution in [1.82, 2.24) is 10.0 Å². The van der Waals surface area contributed by atoms with Crippen LogP contribution in [0.3, 0.4) is 0 Å². The standard InChI is InChI=1S/C13H24N2O2S/c16-18(17,7-1-6-14-12-4-5-12)15-13-9-10-2-3-11(13)8-10/h10-15H,1-9H2. The molecule has 3 aliphatic rings. The van der Waals surface area contributed by atoms with E-state index in [-0.39, 0.29) is 11.8 Å². The van der Waals surface area contributed by atoms with Gasteiger partial charge in [-0.15, -0.1) is 0 Å². The molecule has 3 atom stereocenters. The van der Waals surface area contributed by atoms with Crippen LogP contribution in [0.15, 0.2) is 0 Å². The maximum atomic E-state index is 12.0. The van der Waals surface area contributed by atoms with E-state index in [1.807, 2.05) is 0 Å². The Labute approximate surface area is 110 Å². The summed E-state index contributed by atoms with van der Waals surface area (Å²) in [4.78, 5) is 0. The smallest absolute Gasteiger partial charge is 0.211 e. The lowest BCUT2D eigenvalue weighted by Gasteiger charge is -2.22. The van der Waals surface area contributed by atoms with Gasteiger partial charge in [-0.2, -0.15) is 0 Å². The molecule has 3 rings (SSSR count). The fourth-order valence-corrected chi connectivity index (χ4v) is 4.93. The number of rotatable bonds is 7. The monoisotopic (exact) mass is 272 g/mol. The van der Waals surface area contributed by atoms with E-state index < -0.39 is 10.0 Å². The van der Waals surface area contributed by atoms with Crippen LogP contribution in [-0.4, -0.2) is 32.8 Å². The molecule has 0 heterocycles. The average Bonchev–Trinajstić information content (AvgIpc) is 2.91. The third-order valence-electron chi connectivity index (χ3n) is 4.67. The molecule has 3 aliphatic carbocycles. The van der Waals surface area contributed by atoms with Crippen molar-refractivity contribution in [1.29, 1.82) is 0 Å². The molecular weight excluding hydrogens is 248 g/mol. The van der Waals surface area contributed by atoms with Crippen LogP contribution in [0.25, 0.3) is 0 Å². The molecule has 3 saturated carbocycles. The van der Waals surface area contributed by atoms with Gasteiger partial charge in [-0.25, -0.2) is 13.1 Å². The van der Waals surface area contributed by atoms with Gasteiger partial charge in [-0.05, 0) is 56.9 Å². The van der Waals surface area contributed by atoms with Crippen LogP contribution >= 0.6 is 0 Å². The minimum absolute atomic E-state index is 0.241. The van der Waals surface area contributed by atoms with Crippen molar-refractivity contribution < 1.29 is 8.42 Å². The van der Waals surface area contributed by atoms with E-state index in [9.17, 15) is 8.42 Å². The van der Waals surface area contributed by atoms with Crippen molar-refractivity contribution in [3.05, 3.63) is 0 Å². The van der Waals surface area contributed by atoms with E-state index in [2.05, 4.69) is 10.0 Å². The second kappa shape index (κ2) is 5.10. The first kappa shape index (κ1) is 12.9. The van der Waals surface area contributed by atoms with Crippen molar-refractivity contribution in [2.75, 3.05) is 12.3 Å². The average molecular weight is 272 g/mol. The normalized spacial score (nSPS) is 35.2. The van der Waals surface area contributed by atoms with Gasteiger partial charge in [0.15, 0.2) is 0 Å². The van der Waals surface area contributed by atoms with Crippen molar-refractivity contribution in [3.63, 3.8) is 0 Å². The minimum atomic E-state index is -3.05. The molecule has 0 aromatic rings. The van der Waals surface area contributed by atoms with E-state index in [1.165, 1.54) is 32.1 Å². The zero-order valence-electron chi connectivity index (χ0n) is 10.9. The molecule has 104 valence electrons. The zero-order chi connectivity index (χ0) is 12.6. The third kappa shape index (κ3) is 3.25. The number of sulfonamides is 1. The van der Waals surface area contributed by atoms with Crippen molar-refractivity contribution in [2.24, 2.45) is 11.8 Å². The molecule has 2 bridgehead atoms. The Morgan fingerprint density at radius 3 is 2.50 bits per heavy atom. The predicted octanol–water partition coefficient (Wildman–Crippen LogP) is 1.24. The molecule has 3 unspecified atom stereocenters. The maximum absolute atomic E-state index is 12.0. The van der Waals surface area contributed by atoms with Crippen molar-refractivity contribution >= 4 is 10.0 Å². The molecule has 0 spiro atoms. The van der Waals surface area contributed by atoms with E-state index in [0.717, 1.165) is 25.3 Å². The molecule has 5 heteroatoms. The third-order valence-corrected chi connectivity index (χ3v) is 6.16. The summed E-state index contributed by atoms with van der Waals surface area (Å²) in [6.07, 6.45) is 8.11. The van der Waals surface area contributed by atoms with Gasteiger partial charge in [0.2, 0.25) is 10.0 Å². The van der Waals surface area contributed by atoms with Crippen LogP contribution < -0.4 is 10.0 Å². The highest BCUT2D eigenvalue weighted by Crippen LogP contribution is 2.44. The lowest BCUT2D eigenvalue weighted by molar-refractivity contribution is 0.390. The van der Waals surface area contributed by atoms with Crippen LogP contribution in [0, 0.1) is 11.8 Å². The van der Waals surface area contributed by atoms with E-state index >= 15 is 0 Å². The Morgan fingerprint density at radius 2 is 1.89 bits per heavy atom. The molecule has 0 aliphatic heterocycles. The molecule has 4 nitrogen and oxygen atoms in total. The SMILES string of the molecule is O=S(=O)(CCCNC1CC1)NC1CC2CCC1C2. The first-order valence-corrected chi connectivity index (χ1v) is 9.01. The van der Waals surface area contributed by atoms with E-state index in [4.69, 9.17) is 0 Å². The number of fused-ring (bicyclic) bond motifs is 2. The lowest BCUT2D eigenvalue weighted by atomic mass is 9.96. The summed E-state index contributed by atoms with van der Waals surface area (Å²) >= 11 is 0. The first-order valence-electron chi connectivity index (χ1n) is 7.36. The van der Waals surface area contributed by atoms with E-state index in [0.29, 0.717) is 12.0 Å². The molecular formula is C13H24N2O2S. The van der Waals surface area contributed by atoms with Gasteiger partial charge >= 0.3 is 0 Å². The molecule has 0 aromatic heterocycles. The second-order valence-corrected chi connectivity index (χ2v) is 8.17. The quantitative estimate of drug-likeness (QED) is 0.686.